The highest BCUT2D eigenvalue weighted by molar-refractivity contribution is 8.00. The number of esters is 1. The van der Waals surface area contributed by atoms with Crippen LogP contribution in [-0.4, -0.2) is 42.9 Å². The number of carbonyl (C=O) groups excluding carboxylic acids is 3. The van der Waals surface area contributed by atoms with Crippen molar-refractivity contribution >= 4 is 40.9 Å². The summed E-state index contributed by atoms with van der Waals surface area (Å²) in [5.41, 5.74) is 1.70. The number of amides is 2. The number of hydrogen-bond donors (Lipinski definition) is 2. The van der Waals surface area contributed by atoms with Gasteiger partial charge >= 0.3 is 5.97 Å². The molecule has 0 radical (unpaired) electrons. The van der Waals surface area contributed by atoms with E-state index in [1.54, 1.807) is 49.4 Å². The minimum Gasteiger partial charge on any atom is -0.468 e. The van der Waals surface area contributed by atoms with Crippen molar-refractivity contribution in [2.45, 2.75) is 36.0 Å². The van der Waals surface area contributed by atoms with Gasteiger partial charge in [-0.25, -0.2) is 0 Å². The summed E-state index contributed by atoms with van der Waals surface area (Å²) < 4.78 is 10.1. The maximum absolute atomic E-state index is 12.8. The molecule has 8 heteroatoms. The number of hydrogen-bond acceptors (Lipinski definition) is 6. The highest BCUT2D eigenvalue weighted by Crippen LogP contribution is 2.28. The second kappa shape index (κ2) is 10.3. The van der Waals surface area contributed by atoms with Crippen LogP contribution >= 0.6 is 11.8 Å². The number of nitrogens with one attached hydrogen (secondary N) is 2. The zero-order valence-electron chi connectivity index (χ0n) is 16.8. The normalized spacial score (nSPS) is 16.5. The lowest BCUT2D eigenvalue weighted by atomic mass is 10.2. The van der Waals surface area contributed by atoms with Crippen molar-refractivity contribution in [3.8, 4) is 0 Å². The van der Waals surface area contributed by atoms with Crippen molar-refractivity contribution in [1.29, 1.82) is 0 Å². The molecule has 158 valence electrons. The van der Waals surface area contributed by atoms with Crippen molar-refractivity contribution in [2.75, 3.05) is 24.4 Å². The third-order valence-corrected chi connectivity index (χ3v) is 5.76. The lowest BCUT2D eigenvalue weighted by Gasteiger charge is -2.13. The van der Waals surface area contributed by atoms with Crippen molar-refractivity contribution in [1.82, 2.24) is 0 Å². The first-order chi connectivity index (χ1) is 14.5. The van der Waals surface area contributed by atoms with Gasteiger partial charge in [0.05, 0.1) is 12.7 Å². The first-order valence-electron chi connectivity index (χ1n) is 9.65. The number of methoxy groups -OCH3 is 1. The fraction of sp³-hybridized carbons (Fsp3) is 0.318. The molecule has 0 unspecified atom stereocenters. The first kappa shape index (κ1) is 21.9. The molecule has 7 nitrogen and oxygen atoms in total. The van der Waals surface area contributed by atoms with Gasteiger partial charge in [-0.2, -0.15) is 0 Å². The van der Waals surface area contributed by atoms with Gasteiger partial charge in [-0.15, -0.1) is 11.8 Å². The summed E-state index contributed by atoms with van der Waals surface area (Å²) in [4.78, 5) is 37.3. The van der Waals surface area contributed by atoms with Gasteiger partial charge in [-0.05, 0) is 56.2 Å². The lowest BCUT2D eigenvalue weighted by Crippen LogP contribution is -2.26. The fourth-order valence-corrected chi connectivity index (χ4v) is 4.02. The van der Waals surface area contributed by atoms with Gasteiger partial charge < -0.3 is 20.1 Å². The van der Waals surface area contributed by atoms with Gasteiger partial charge in [-0.1, -0.05) is 12.1 Å². The predicted molar refractivity (Wildman–Crippen MR) is 116 cm³/mol. The highest BCUT2D eigenvalue weighted by atomic mass is 32.2. The van der Waals surface area contributed by atoms with E-state index < -0.39 is 11.4 Å². The SMILES string of the molecule is COC(=O)[C@H](C)Sc1ccccc1C(=O)Nc1ccc(NC(=O)[C@@H]2CCCO2)cc1. The average Bonchev–Trinajstić information content (AvgIpc) is 3.30. The molecule has 2 aromatic carbocycles. The number of benzene rings is 2. The van der Waals surface area contributed by atoms with Crippen molar-refractivity contribution in [3.63, 3.8) is 0 Å². The molecule has 1 fully saturated rings. The van der Waals surface area contributed by atoms with E-state index in [0.29, 0.717) is 28.4 Å². The molecule has 1 heterocycles. The van der Waals surface area contributed by atoms with E-state index >= 15 is 0 Å². The number of carbonyl (C=O) groups is 3. The molecule has 3 rings (SSSR count). The van der Waals surface area contributed by atoms with E-state index in [-0.39, 0.29) is 17.8 Å². The minimum atomic E-state index is -0.435. The van der Waals surface area contributed by atoms with Crippen LogP contribution in [0.1, 0.15) is 30.1 Å². The fourth-order valence-electron chi connectivity index (χ4n) is 3.00. The van der Waals surface area contributed by atoms with Crippen LogP contribution in [0.25, 0.3) is 0 Å². The first-order valence-corrected chi connectivity index (χ1v) is 10.5. The molecule has 2 atom stereocenters. The molecule has 2 amide bonds. The molecular formula is C22H24N2O5S. The summed E-state index contributed by atoms with van der Waals surface area (Å²) in [6, 6.07) is 14.0. The van der Waals surface area contributed by atoms with Crippen LogP contribution in [0.2, 0.25) is 0 Å². The molecule has 0 saturated carbocycles. The van der Waals surface area contributed by atoms with Crippen LogP contribution in [0.4, 0.5) is 11.4 Å². The van der Waals surface area contributed by atoms with Crippen molar-refractivity contribution < 1.29 is 23.9 Å². The molecular weight excluding hydrogens is 404 g/mol. The minimum absolute atomic E-state index is 0.157. The standard InChI is InChI=1S/C22H24N2O5S/c1-14(22(27)28-2)30-19-8-4-3-6-17(19)20(25)23-15-9-11-16(12-10-15)24-21(26)18-7-5-13-29-18/h3-4,6,8-12,14,18H,5,7,13H2,1-2H3,(H,23,25)(H,24,26)/t14-,18-/m0/s1. The van der Waals surface area contributed by atoms with Crippen LogP contribution in [0.15, 0.2) is 53.4 Å². The van der Waals surface area contributed by atoms with Crippen LogP contribution in [0.5, 0.6) is 0 Å². The quantitative estimate of drug-likeness (QED) is 0.516. The number of anilines is 2. The van der Waals surface area contributed by atoms with Crippen molar-refractivity contribution in [2.24, 2.45) is 0 Å². The zero-order valence-corrected chi connectivity index (χ0v) is 17.7. The van der Waals surface area contributed by atoms with Crippen LogP contribution < -0.4 is 10.6 Å². The Bertz CT molecular complexity index is 910. The summed E-state index contributed by atoms with van der Waals surface area (Å²) in [5.74, 6) is -0.794. The Kier molecular flexibility index (Phi) is 7.48. The van der Waals surface area contributed by atoms with Gasteiger partial charge in [0.2, 0.25) is 0 Å². The van der Waals surface area contributed by atoms with Crippen molar-refractivity contribution in [3.05, 3.63) is 54.1 Å². The van der Waals surface area contributed by atoms with E-state index in [9.17, 15) is 14.4 Å². The monoisotopic (exact) mass is 428 g/mol. The average molecular weight is 429 g/mol. The highest BCUT2D eigenvalue weighted by Gasteiger charge is 2.23. The Hall–Kier alpha value is -2.84. The Morgan fingerprint density at radius 1 is 1.07 bits per heavy atom. The molecule has 0 bridgehead atoms. The molecule has 1 saturated heterocycles. The topological polar surface area (TPSA) is 93.7 Å². The Labute approximate surface area is 179 Å². The maximum atomic E-state index is 12.8. The maximum Gasteiger partial charge on any atom is 0.318 e. The van der Waals surface area contributed by atoms with Gasteiger partial charge in [0.15, 0.2) is 0 Å². The molecule has 1 aliphatic heterocycles. The Morgan fingerprint density at radius 2 is 1.73 bits per heavy atom. The molecule has 0 aliphatic carbocycles. The van der Waals surface area contributed by atoms with Gasteiger partial charge in [0.25, 0.3) is 11.8 Å². The van der Waals surface area contributed by atoms with Crippen LogP contribution in [0, 0.1) is 0 Å². The molecule has 2 N–H and O–H groups in total. The molecule has 1 aliphatic rings. The zero-order chi connectivity index (χ0) is 21.5. The van der Waals surface area contributed by atoms with Crippen LogP contribution in [0.3, 0.4) is 0 Å². The predicted octanol–water partition coefficient (Wildman–Crippen LogP) is 3.71. The number of ether oxygens (including phenoxy) is 2. The number of thioether (sulfide) groups is 1. The molecule has 2 aromatic rings. The lowest BCUT2D eigenvalue weighted by molar-refractivity contribution is -0.139. The van der Waals surface area contributed by atoms with E-state index in [4.69, 9.17) is 9.47 Å². The number of rotatable bonds is 7. The summed E-state index contributed by atoms with van der Waals surface area (Å²) in [6.45, 7) is 2.34. The van der Waals surface area contributed by atoms with Crippen LogP contribution in [-0.2, 0) is 19.1 Å². The summed E-state index contributed by atoms with van der Waals surface area (Å²) in [7, 11) is 1.34. The Balaban J connectivity index is 1.63. The third-order valence-electron chi connectivity index (χ3n) is 4.60. The summed E-state index contributed by atoms with van der Waals surface area (Å²) >= 11 is 1.27. The second-order valence-corrected chi connectivity index (χ2v) is 8.18. The van der Waals surface area contributed by atoms with E-state index in [1.807, 2.05) is 6.07 Å². The Morgan fingerprint density at radius 3 is 2.37 bits per heavy atom. The van der Waals surface area contributed by atoms with E-state index in [1.165, 1.54) is 18.9 Å². The molecule has 0 aromatic heterocycles. The summed E-state index contributed by atoms with van der Waals surface area (Å²) in [6.07, 6.45) is 1.22. The van der Waals surface area contributed by atoms with E-state index in [0.717, 1.165) is 12.8 Å². The largest absolute Gasteiger partial charge is 0.468 e. The molecule has 30 heavy (non-hydrogen) atoms. The van der Waals surface area contributed by atoms with Gasteiger partial charge in [0, 0.05) is 22.9 Å². The summed E-state index contributed by atoms with van der Waals surface area (Å²) in [5, 5.41) is 5.23. The second-order valence-electron chi connectivity index (χ2n) is 6.80. The smallest absolute Gasteiger partial charge is 0.318 e. The van der Waals surface area contributed by atoms with E-state index in [2.05, 4.69) is 10.6 Å². The third kappa shape index (κ3) is 5.61. The van der Waals surface area contributed by atoms with Gasteiger partial charge in [0.1, 0.15) is 11.4 Å². The van der Waals surface area contributed by atoms with Gasteiger partial charge in [-0.3, -0.25) is 14.4 Å². The molecule has 0 spiro atoms.